The molecule has 3 fully saturated rings. The molecule has 2 bridgehead atoms. The quantitative estimate of drug-likeness (QED) is 0.321. The average Bonchev–Trinajstić information content (AvgIpc) is 3.57. The number of esters is 1. The first kappa shape index (κ1) is 19.5. The van der Waals surface area contributed by atoms with Gasteiger partial charge in [-0.15, -0.1) is 0 Å². The predicted molar refractivity (Wildman–Crippen MR) is 118 cm³/mol. The molecule has 0 radical (unpaired) electrons. The van der Waals surface area contributed by atoms with Crippen LogP contribution in [0, 0.1) is 49.4 Å². The summed E-state index contributed by atoms with van der Waals surface area (Å²) >= 11 is 0. The number of imide groups is 1. The van der Waals surface area contributed by atoms with Crippen molar-refractivity contribution in [1.82, 2.24) is 4.90 Å². The molecule has 5 heteroatoms. The van der Waals surface area contributed by atoms with E-state index in [2.05, 4.69) is 36.4 Å². The largest absolute Gasteiger partial charge is 0.425 e. The number of aryl methyl sites for hydroxylation is 2. The maximum Gasteiger partial charge on any atom is 0.331 e. The summed E-state index contributed by atoms with van der Waals surface area (Å²) < 4.78 is 5.57. The third-order valence-corrected chi connectivity index (χ3v) is 7.82. The lowest BCUT2D eigenvalue weighted by Gasteiger charge is -2.37. The normalized spacial score (nSPS) is 31.5. The smallest absolute Gasteiger partial charge is 0.331 e. The molecule has 2 aromatic rings. The van der Waals surface area contributed by atoms with Gasteiger partial charge in [0.15, 0.2) is 0 Å². The van der Waals surface area contributed by atoms with Crippen LogP contribution in [0.2, 0.25) is 0 Å². The number of likely N-dealkylation sites (tertiary alicyclic amines) is 1. The minimum Gasteiger partial charge on any atom is -0.425 e. The van der Waals surface area contributed by atoms with Crippen molar-refractivity contribution in [1.29, 1.82) is 0 Å². The average molecular weight is 428 g/mol. The van der Waals surface area contributed by atoms with E-state index in [1.165, 1.54) is 5.56 Å². The molecular formula is C27H25NO4. The molecule has 1 heterocycles. The second-order valence-corrected chi connectivity index (χ2v) is 9.74. The zero-order chi connectivity index (χ0) is 22.1. The summed E-state index contributed by atoms with van der Waals surface area (Å²) in [4.78, 5) is 39.9. The molecule has 7 rings (SSSR count). The van der Waals surface area contributed by atoms with E-state index in [0.717, 1.165) is 28.0 Å². The number of carbonyl (C=O) groups excluding carboxylic acids is 3. The number of allylic oxidation sites excluding steroid dienone is 2. The lowest BCUT2D eigenvalue weighted by Crippen LogP contribution is -2.40. The fourth-order valence-corrected chi connectivity index (χ4v) is 6.15. The summed E-state index contributed by atoms with van der Waals surface area (Å²) in [5, 5.41) is 0. The van der Waals surface area contributed by atoms with Crippen molar-refractivity contribution in [3.63, 3.8) is 0 Å². The highest BCUT2D eigenvalue weighted by Crippen LogP contribution is 2.65. The summed E-state index contributed by atoms with van der Waals surface area (Å²) in [5.74, 6) is 0.296. The van der Waals surface area contributed by atoms with Crippen LogP contribution in [0.5, 0.6) is 5.75 Å². The van der Waals surface area contributed by atoms with Crippen molar-refractivity contribution >= 4 is 17.8 Å². The van der Waals surface area contributed by atoms with E-state index in [1.807, 2.05) is 26.0 Å². The Hall–Kier alpha value is -3.21. The van der Waals surface area contributed by atoms with E-state index in [1.54, 1.807) is 6.07 Å². The molecule has 1 aliphatic heterocycles. The summed E-state index contributed by atoms with van der Waals surface area (Å²) in [7, 11) is 0. The van der Waals surface area contributed by atoms with E-state index < -0.39 is 5.97 Å². The molecule has 5 nitrogen and oxygen atoms in total. The first-order valence-corrected chi connectivity index (χ1v) is 11.3. The van der Waals surface area contributed by atoms with Crippen LogP contribution in [-0.4, -0.2) is 29.2 Å². The number of carbonyl (C=O) groups is 3. The van der Waals surface area contributed by atoms with Crippen LogP contribution in [-0.2, 0) is 14.4 Å². The molecule has 0 N–H and O–H groups in total. The SMILES string of the molecule is Cc1ccc(-c2ccc(OC(=O)CN3C(=O)[C@@H]4[C@H]5C=C[C@@H]([C@@H]6C[C@H]56)[C@H]4C3=O)c(C)c2)cc1. The Balaban J connectivity index is 1.16. The molecule has 0 unspecified atom stereocenters. The van der Waals surface area contributed by atoms with Gasteiger partial charge >= 0.3 is 5.97 Å². The van der Waals surface area contributed by atoms with Gasteiger partial charge in [-0.1, -0.05) is 48.0 Å². The van der Waals surface area contributed by atoms with Gasteiger partial charge in [-0.05, 0) is 72.8 Å². The summed E-state index contributed by atoms with van der Waals surface area (Å²) in [6, 6.07) is 13.9. The third-order valence-electron chi connectivity index (χ3n) is 7.82. The number of amides is 2. The van der Waals surface area contributed by atoms with E-state index in [9.17, 15) is 14.4 Å². The van der Waals surface area contributed by atoms with Gasteiger partial charge in [-0.2, -0.15) is 0 Å². The monoisotopic (exact) mass is 427 g/mol. The standard InChI is InChI=1S/C27H25NO4/c1-14-3-5-16(6-4-14)17-7-10-22(15(2)11-17)32-23(29)13-28-26(30)24-18-8-9-19(21-12-20(18)21)25(24)27(28)31/h3-11,18-21,24-25H,12-13H2,1-2H3/t18-,19-,20-,21+,24+,25+/m0/s1. The zero-order valence-electron chi connectivity index (χ0n) is 18.2. The maximum absolute atomic E-state index is 13.0. The fourth-order valence-electron chi connectivity index (χ4n) is 6.15. The lowest BCUT2D eigenvalue weighted by atomic mass is 9.63. The van der Waals surface area contributed by atoms with Crippen LogP contribution >= 0.6 is 0 Å². The number of nitrogens with zero attached hydrogens (tertiary/aromatic N) is 1. The van der Waals surface area contributed by atoms with Gasteiger partial charge in [0.25, 0.3) is 0 Å². The number of hydrogen-bond donors (Lipinski definition) is 0. The second kappa shape index (κ2) is 6.89. The Kier molecular flexibility index (Phi) is 4.19. The van der Waals surface area contributed by atoms with E-state index in [4.69, 9.17) is 4.74 Å². The first-order chi connectivity index (χ1) is 15.4. The van der Waals surface area contributed by atoms with Crippen LogP contribution in [0.4, 0.5) is 0 Å². The van der Waals surface area contributed by atoms with Gasteiger partial charge in [0.05, 0.1) is 11.8 Å². The summed E-state index contributed by atoms with van der Waals surface area (Å²) in [6.07, 6.45) is 5.38. The van der Waals surface area contributed by atoms with Gasteiger partial charge in [-0.3, -0.25) is 14.5 Å². The van der Waals surface area contributed by atoms with Crippen LogP contribution in [0.1, 0.15) is 17.5 Å². The van der Waals surface area contributed by atoms with Gasteiger partial charge in [0.1, 0.15) is 12.3 Å². The van der Waals surface area contributed by atoms with Crippen molar-refractivity contribution in [2.75, 3.05) is 6.54 Å². The van der Waals surface area contributed by atoms with Crippen LogP contribution in [0.15, 0.2) is 54.6 Å². The van der Waals surface area contributed by atoms with Gasteiger partial charge in [-0.25, -0.2) is 4.79 Å². The Morgan fingerprint density at radius 3 is 2.09 bits per heavy atom. The molecule has 6 atom stereocenters. The number of benzene rings is 2. The lowest BCUT2D eigenvalue weighted by molar-refractivity contribution is -0.148. The van der Waals surface area contributed by atoms with Crippen molar-refractivity contribution in [2.45, 2.75) is 20.3 Å². The van der Waals surface area contributed by atoms with Crippen molar-refractivity contribution in [3.05, 3.63) is 65.7 Å². The Morgan fingerprint density at radius 1 is 0.906 bits per heavy atom. The maximum atomic E-state index is 13.0. The topological polar surface area (TPSA) is 63.7 Å². The van der Waals surface area contributed by atoms with Crippen molar-refractivity contribution < 1.29 is 19.1 Å². The Morgan fingerprint density at radius 2 is 1.50 bits per heavy atom. The van der Waals surface area contributed by atoms with Crippen LogP contribution in [0.3, 0.4) is 0 Å². The molecule has 2 saturated carbocycles. The molecule has 4 aliphatic carbocycles. The van der Waals surface area contributed by atoms with E-state index in [0.29, 0.717) is 17.6 Å². The molecule has 2 aromatic carbocycles. The fraction of sp³-hybridized carbons (Fsp3) is 0.370. The molecule has 5 aliphatic rings. The van der Waals surface area contributed by atoms with Gasteiger partial charge in [0.2, 0.25) is 11.8 Å². The first-order valence-electron chi connectivity index (χ1n) is 11.3. The number of rotatable bonds is 4. The van der Waals surface area contributed by atoms with E-state index >= 15 is 0 Å². The molecule has 2 amide bonds. The Labute approximate surface area is 187 Å². The van der Waals surface area contributed by atoms with Gasteiger partial charge < -0.3 is 4.74 Å². The number of hydrogen-bond acceptors (Lipinski definition) is 4. The predicted octanol–water partition coefficient (Wildman–Crippen LogP) is 3.93. The van der Waals surface area contributed by atoms with Gasteiger partial charge in [0, 0.05) is 0 Å². The Bertz CT molecular complexity index is 1140. The minimum absolute atomic E-state index is 0.157. The molecule has 0 spiro atoms. The highest BCUT2D eigenvalue weighted by molar-refractivity contribution is 6.08. The van der Waals surface area contributed by atoms with Crippen molar-refractivity contribution in [2.24, 2.45) is 35.5 Å². The molecule has 162 valence electrons. The number of ether oxygens (including phenoxy) is 1. The highest BCUT2D eigenvalue weighted by Gasteiger charge is 2.67. The van der Waals surface area contributed by atoms with Crippen LogP contribution in [0.25, 0.3) is 11.1 Å². The minimum atomic E-state index is -0.581. The van der Waals surface area contributed by atoms with E-state index in [-0.39, 0.29) is 42.0 Å². The molecule has 32 heavy (non-hydrogen) atoms. The molecular weight excluding hydrogens is 402 g/mol. The third kappa shape index (κ3) is 2.87. The second-order valence-electron chi connectivity index (χ2n) is 9.74. The summed E-state index contributed by atoms with van der Waals surface area (Å²) in [6.45, 7) is 3.61. The molecule has 1 saturated heterocycles. The molecule has 0 aromatic heterocycles. The van der Waals surface area contributed by atoms with Crippen LogP contribution < -0.4 is 4.74 Å². The highest BCUT2D eigenvalue weighted by atomic mass is 16.5. The summed E-state index contributed by atoms with van der Waals surface area (Å²) in [5.41, 5.74) is 4.15. The van der Waals surface area contributed by atoms with Crippen molar-refractivity contribution in [3.8, 4) is 16.9 Å². The zero-order valence-corrected chi connectivity index (χ0v) is 18.2.